The predicted molar refractivity (Wildman–Crippen MR) is 73.9 cm³/mol. The fourth-order valence-electron chi connectivity index (χ4n) is 2.15. The molecule has 1 saturated heterocycles. The Morgan fingerprint density at radius 3 is 2.71 bits per heavy atom. The summed E-state index contributed by atoms with van der Waals surface area (Å²) < 4.78 is 18.8. The summed E-state index contributed by atoms with van der Waals surface area (Å²) >= 11 is 0. The van der Waals surface area contributed by atoms with Gasteiger partial charge < -0.3 is 20.1 Å². The molecule has 1 aromatic carbocycles. The molecular weight excluding hydrogens is 279 g/mol. The fourth-order valence-corrected chi connectivity index (χ4v) is 2.15. The third-order valence-electron chi connectivity index (χ3n) is 3.25. The van der Waals surface area contributed by atoms with Crippen molar-refractivity contribution in [1.29, 1.82) is 0 Å². The minimum Gasteiger partial charge on any atom is -0.478 e. The average molecular weight is 296 g/mol. The van der Waals surface area contributed by atoms with Crippen molar-refractivity contribution < 1.29 is 23.8 Å². The van der Waals surface area contributed by atoms with Gasteiger partial charge in [-0.1, -0.05) is 6.07 Å². The highest BCUT2D eigenvalue weighted by molar-refractivity contribution is 5.94. The summed E-state index contributed by atoms with van der Waals surface area (Å²) in [5.41, 5.74) is -0.228. The number of halogens is 1. The van der Waals surface area contributed by atoms with Gasteiger partial charge >= 0.3 is 5.97 Å². The molecule has 1 aliphatic rings. The molecule has 0 atom stereocenters. The van der Waals surface area contributed by atoms with Crippen LogP contribution in [0.25, 0.3) is 0 Å². The number of aromatic carboxylic acids is 1. The van der Waals surface area contributed by atoms with Crippen LogP contribution < -0.4 is 5.32 Å². The van der Waals surface area contributed by atoms with E-state index >= 15 is 0 Å². The number of carboxylic acids is 1. The molecule has 2 N–H and O–H groups in total. The Labute approximate surface area is 121 Å². The molecule has 0 spiro atoms. The molecule has 0 unspecified atom stereocenters. The number of hydrogen-bond acceptors (Lipinski definition) is 4. The van der Waals surface area contributed by atoms with Gasteiger partial charge in [-0.05, 0) is 12.1 Å². The summed E-state index contributed by atoms with van der Waals surface area (Å²) in [7, 11) is 0. The first kappa shape index (κ1) is 15.2. The smallest absolute Gasteiger partial charge is 0.337 e. The lowest BCUT2D eigenvalue weighted by Gasteiger charge is -2.27. The monoisotopic (exact) mass is 296 g/mol. The van der Waals surface area contributed by atoms with Crippen molar-refractivity contribution in [1.82, 2.24) is 4.90 Å². The summed E-state index contributed by atoms with van der Waals surface area (Å²) in [5, 5.41) is 11.7. The second kappa shape index (κ2) is 7.03. The number of morpholine rings is 1. The van der Waals surface area contributed by atoms with E-state index in [0.29, 0.717) is 26.3 Å². The van der Waals surface area contributed by atoms with Crippen molar-refractivity contribution >= 4 is 17.6 Å². The normalized spacial score (nSPS) is 14.8. The number of carbonyl (C=O) groups excluding carboxylic acids is 1. The maximum absolute atomic E-state index is 13.7. The van der Waals surface area contributed by atoms with Gasteiger partial charge in [0, 0.05) is 26.1 Å². The van der Waals surface area contributed by atoms with Crippen molar-refractivity contribution in [2.75, 3.05) is 38.2 Å². The highest BCUT2D eigenvalue weighted by Crippen LogP contribution is 2.19. The molecule has 2 rings (SSSR count). The van der Waals surface area contributed by atoms with Crippen LogP contribution >= 0.6 is 0 Å². The van der Waals surface area contributed by atoms with Gasteiger partial charge in [0.05, 0.1) is 24.5 Å². The van der Waals surface area contributed by atoms with E-state index in [4.69, 9.17) is 9.84 Å². The predicted octanol–water partition coefficient (Wildman–Crippen LogP) is 1.18. The molecule has 114 valence electrons. The van der Waals surface area contributed by atoms with Crippen LogP contribution in [0.15, 0.2) is 18.2 Å². The van der Waals surface area contributed by atoms with E-state index in [2.05, 4.69) is 5.32 Å². The first-order chi connectivity index (χ1) is 10.1. The summed E-state index contributed by atoms with van der Waals surface area (Å²) in [6, 6.07) is 3.83. The molecule has 7 heteroatoms. The maximum Gasteiger partial charge on any atom is 0.337 e. The molecule has 0 bridgehead atoms. The van der Waals surface area contributed by atoms with E-state index in [1.54, 1.807) is 4.90 Å². The maximum atomic E-state index is 13.7. The Balaban J connectivity index is 1.91. The summed E-state index contributed by atoms with van der Waals surface area (Å²) in [6.07, 6.45) is 0.174. The third-order valence-corrected chi connectivity index (χ3v) is 3.25. The van der Waals surface area contributed by atoms with Gasteiger partial charge in [-0.25, -0.2) is 9.18 Å². The zero-order valence-corrected chi connectivity index (χ0v) is 11.5. The van der Waals surface area contributed by atoms with Gasteiger partial charge in [-0.3, -0.25) is 4.79 Å². The Morgan fingerprint density at radius 1 is 1.33 bits per heavy atom. The Bertz CT molecular complexity index is 530. The van der Waals surface area contributed by atoms with Crippen LogP contribution in [0, 0.1) is 5.82 Å². The molecule has 1 aliphatic heterocycles. The number of para-hydroxylation sites is 1. The second-order valence-corrected chi connectivity index (χ2v) is 4.64. The molecule has 6 nitrogen and oxygen atoms in total. The number of carboxylic acid groups (broad SMARTS) is 1. The number of hydrogen-bond donors (Lipinski definition) is 2. The molecule has 1 fully saturated rings. The van der Waals surface area contributed by atoms with E-state index in [1.165, 1.54) is 18.2 Å². The molecule has 0 radical (unpaired) electrons. The summed E-state index contributed by atoms with van der Waals surface area (Å²) in [5.74, 6) is -1.91. The second-order valence-electron chi connectivity index (χ2n) is 4.64. The number of carbonyl (C=O) groups is 2. The number of anilines is 1. The van der Waals surface area contributed by atoms with E-state index in [9.17, 15) is 14.0 Å². The van der Waals surface area contributed by atoms with E-state index in [-0.39, 0.29) is 30.1 Å². The number of nitrogens with one attached hydrogen (secondary N) is 1. The molecule has 1 aromatic rings. The summed E-state index contributed by atoms with van der Waals surface area (Å²) in [4.78, 5) is 24.6. The number of benzene rings is 1. The van der Waals surface area contributed by atoms with Crippen molar-refractivity contribution in [3.05, 3.63) is 29.6 Å². The highest BCUT2D eigenvalue weighted by atomic mass is 19.1. The van der Waals surface area contributed by atoms with Crippen LogP contribution in [0.2, 0.25) is 0 Å². The standard InChI is InChI=1S/C14H17FN2O4/c15-11-3-1-2-10(14(19)20)13(11)16-5-4-12(18)17-6-8-21-9-7-17/h1-3,16H,4-9H2,(H,19,20). The molecule has 0 saturated carbocycles. The Morgan fingerprint density at radius 2 is 2.05 bits per heavy atom. The van der Waals surface area contributed by atoms with Gasteiger partial charge in [-0.2, -0.15) is 0 Å². The molecule has 0 aromatic heterocycles. The number of amides is 1. The lowest BCUT2D eigenvalue weighted by molar-refractivity contribution is -0.134. The van der Waals surface area contributed by atoms with Gasteiger partial charge in [0.1, 0.15) is 5.82 Å². The van der Waals surface area contributed by atoms with Crippen molar-refractivity contribution in [3.8, 4) is 0 Å². The van der Waals surface area contributed by atoms with Crippen LogP contribution in [-0.2, 0) is 9.53 Å². The van der Waals surface area contributed by atoms with E-state index in [1.807, 2.05) is 0 Å². The van der Waals surface area contributed by atoms with Gasteiger partial charge in [0.25, 0.3) is 0 Å². The number of ether oxygens (including phenoxy) is 1. The van der Waals surface area contributed by atoms with Gasteiger partial charge in [0.15, 0.2) is 0 Å². The minimum atomic E-state index is -1.21. The molecule has 1 amide bonds. The first-order valence-corrected chi connectivity index (χ1v) is 6.71. The van der Waals surface area contributed by atoms with Crippen molar-refractivity contribution in [2.24, 2.45) is 0 Å². The average Bonchev–Trinajstić information content (AvgIpc) is 2.49. The SMILES string of the molecule is O=C(O)c1cccc(F)c1NCCC(=O)N1CCOCC1. The molecular formula is C14H17FN2O4. The van der Waals surface area contributed by atoms with Crippen molar-refractivity contribution in [2.45, 2.75) is 6.42 Å². The Hall–Kier alpha value is -2.15. The quantitative estimate of drug-likeness (QED) is 0.853. The van der Waals surface area contributed by atoms with Gasteiger partial charge in [-0.15, -0.1) is 0 Å². The van der Waals surface area contributed by atoms with Crippen LogP contribution in [0.5, 0.6) is 0 Å². The van der Waals surface area contributed by atoms with Crippen LogP contribution in [-0.4, -0.2) is 54.7 Å². The van der Waals surface area contributed by atoms with E-state index in [0.717, 1.165) is 0 Å². The molecule has 21 heavy (non-hydrogen) atoms. The topological polar surface area (TPSA) is 78.9 Å². The molecule has 0 aliphatic carbocycles. The lowest BCUT2D eigenvalue weighted by atomic mass is 10.1. The molecule has 1 heterocycles. The largest absolute Gasteiger partial charge is 0.478 e. The van der Waals surface area contributed by atoms with Crippen LogP contribution in [0.3, 0.4) is 0 Å². The van der Waals surface area contributed by atoms with Crippen LogP contribution in [0.1, 0.15) is 16.8 Å². The summed E-state index contributed by atoms with van der Waals surface area (Å²) in [6.45, 7) is 2.33. The lowest BCUT2D eigenvalue weighted by Crippen LogP contribution is -2.41. The number of nitrogens with zero attached hydrogens (tertiary/aromatic N) is 1. The zero-order valence-electron chi connectivity index (χ0n) is 11.5. The Kier molecular flexibility index (Phi) is 5.10. The minimum absolute atomic E-state index is 0.0565. The zero-order chi connectivity index (χ0) is 15.2. The van der Waals surface area contributed by atoms with Crippen molar-refractivity contribution in [3.63, 3.8) is 0 Å². The number of rotatable bonds is 5. The van der Waals surface area contributed by atoms with Crippen LogP contribution in [0.4, 0.5) is 10.1 Å². The van der Waals surface area contributed by atoms with Gasteiger partial charge in [0.2, 0.25) is 5.91 Å². The fraction of sp³-hybridized carbons (Fsp3) is 0.429. The third kappa shape index (κ3) is 3.91. The van der Waals surface area contributed by atoms with E-state index < -0.39 is 11.8 Å². The highest BCUT2D eigenvalue weighted by Gasteiger charge is 2.17. The first-order valence-electron chi connectivity index (χ1n) is 6.71.